The summed E-state index contributed by atoms with van der Waals surface area (Å²) in [7, 11) is 3.11. The predicted molar refractivity (Wildman–Crippen MR) is 94.8 cm³/mol. The average molecular weight is 345 g/mol. The van der Waals surface area contributed by atoms with Gasteiger partial charge in [0.2, 0.25) is 0 Å². The molecule has 0 saturated heterocycles. The van der Waals surface area contributed by atoms with Gasteiger partial charge < -0.3 is 19.5 Å². The quantitative estimate of drug-likeness (QED) is 0.849. The molecule has 0 unspecified atom stereocenters. The summed E-state index contributed by atoms with van der Waals surface area (Å²) >= 11 is 0. The van der Waals surface area contributed by atoms with Gasteiger partial charge in [-0.05, 0) is 51.1 Å². The lowest BCUT2D eigenvalue weighted by Gasteiger charge is -2.21. The van der Waals surface area contributed by atoms with Gasteiger partial charge in [0.15, 0.2) is 5.78 Å². The summed E-state index contributed by atoms with van der Waals surface area (Å²) in [6.07, 6.45) is 4.16. The Morgan fingerprint density at radius 3 is 2.52 bits per heavy atom. The molecule has 0 saturated carbocycles. The van der Waals surface area contributed by atoms with Crippen LogP contribution < -0.4 is 14.8 Å². The zero-order chi connectivity index (χ0) is 18.6. The van der Waals surface area contributed by atoms with Crippen LogP contribution in [0.2, 0.25) is 0 Å². The Balaban J connectivity index is 2.28. The highest BCUT2D eigenvalue weighted by molar-refractivity contribution is 6.11. The van der Waals surface area contributed by atoms with Crippen LogP contribution in [0.25, 0.3) is 6.08 Å². The predicted octanol–water partition coefficient (Wildman–Crippen LogP) is 3.12. The molecule has 1 aromatic rings. The van der Waals surface area contributed by atoms with Crippen LogP contribution in [0.1, 0.15) is 26.3 Å². The van der Waals surface area contributed by atoms with E-state index < -0.39 is 17.7 Å². The molecule has 1 N–H and O–H groups in total. The van der Waals surface area contributed by atoms with Crippen LogP contribution >= 0.6 is 0 Å². The van der Waals surface area contributed by atoms with Crippen molar-refractivity contribution in [3.63, 3.8) is 0 Å². The van der Waals surface area contributed by atoms with Gasteiger partial charge in [0.1, 0.15) is 17.1 Å². The number of allylic oxidation sites excluding steroid dienone is 1. The largest absolute Gasteiger partial charge is 0.497 e. The lowest BCUT2D eigenvalue weighted by Crippen LogP contribution is -2.38. The Morgan fingerprint density at radius 2 is 1.92 bits per heavy atom. The van der Waals surface area contributed by atoms with Gasteiger partial charge in [0, 0.05) is 11.1 Å². The molecule has 6 heteroatoms. The number of benzene rings is 1. The fraction of sp³-hybridized carbons (Fsp3) is 0.368. The third-order valence-electron chi connectivity index (χ3n) is 3.48. The van der Waals surface area contributed by atoms with Gasteiger partial charge in [0.25, 0.3) is 0 Å². The third-order valence-corrected chi connectivity index (χ3v) is 3.48. The second kappa shape index (κ2) is 7.42. The monoisotopic (exact) mass is 345 g/mol. The number of rotatable bonds is 4. The van der Waals surface area contributed by atoms with Crippen molar-refractivity contribution in [3.8, 4) is 11.5 Å². The molecule has 1 atom stereocenters. The summed E-state index contributed by atoms with van der Waals surface area (Å²) in [6, 6.07) is 4.74. The third kappa shape index (κ3) is 4.86. The van der Waals surface area contributed by atoms with E-state index in [1.54, 1.807) is 65.3 Å². The van der Waals surface area contributed by atoms with E-state index in [2.05, 4.69) is 5.32 Å². The fourth-order valence-corrected chi connectivity index (χ4v) is 2.38. The van der Waals surface area contributed by atoms with Gasteiger partial charge in [-0.15, -0.1) is 0 Å². The van der Waals surface area contributed by atoms with Gasteiger partial charge in [-0.3, -0.25) is 4.79 Å². The van der Waals surface area contributed by atoms with E-state index in [9.17, 15) is 9.59 Å². The molecular formula is C19H23NO5. The van der Waals surface area contributed by atoms with E-state index >= 15 is 0 Å². The number of alkyl carbamates (subject to hydrolysis) is 1. The highest BCUT2D eigenvalue weighted by Gasteiger charge is 2.27. The first-order valence-electron chi connectivity index (χ1n) is 7.89. The van der Waals surface area contributed by atoms with E-state index in [0.29, 0.717) is 22.6 Å². The Kier molecular flexibility index (Phi) is 5.51. The molecule has 6 nitrogen and oxygen atoms in total. The number of methoxy groups -OCH3 is 2. The number of carbonyl (C=O) groups is 2. The van der Waals surface area contributed by atoms with E-state index in [4.69, 9.17) is 14.2 Å². The smallest absolute Gasteiger partial charge is 0.408 e. The molecule has 1 aliphatic rings. The molecular weight excluding hydrogens is 322 g/mol. The molecule has 0 aliphatic heterocycles. The molecule has 0 radical (unpaired) electrons. The van der Waals surface area contributed by atoms with Crippen molar-refractivity contribution < 1.29 is 23.8 Å². The molecule has 0 aromatic heterocycles. The minimum atomic E-state index is -0.615. The molecule has 1 aliphatic carbocycles. The number of hydrogen-bond acceptors (Lipinski definition) is 5. The molecule has 1 aromatic carbocycles. The summed E-state index contributed by atoms with van der Waals surface area (Å²) in [5, 5.41) is 2.69. The number of ether oxygens (including phenoxy) is 3. The van der Waals surface area contributed by atoms with E-state index in [1.165, 1.54) is 6.08 Å². The Hall–Kier alpha value is -2.76. The van der Waals surface area contributed by atoms with Crippen molar-refractivity contribution in [3.05, 3.63) is 41.5 Å². The zero-order valence-electron chi connectivity index (χ0n) is 15.1. The standard InChI is InChI=1S/C19H23NO5/c1-19(2,3)25-18(22)20-15-7-8-16(21)14(15)11-12-10-13(23-4)6-9-17(12)24-5/h6-11,15H,1-5H3,(H,20,22)/t15-/m0/s1. The number of carbonyl (C=O) groups excluding carboxylic acids is 2. The lowest BCUT2D eigenvalue weighted by molar-refractivity contribution is -0.111. The SMILES string of the molecule is COc1ccc(OC)c(C=C2C(=O)C=C[C@@H]2NC(=O)OC(C)(C)C)c1. The lowest BCUT2D eigenvalue weighted by atomic mass is 10.0. The molecule has 0 heterocycles. The number of ketones is 1. The minimum Gasteiger partial charge on any atom is -0.497 e. The average Bonchev–Trinajstić information content (AvgIpc) is 2.86. The van der Waals surface area contributed by atoms with Crippen LogP contribution in [-0.4, -0.2) is 37.7 Å². The number of hydrogen-bond donors (Lipinski definition) is 1. The second-order valence-corrected chi connectivity index (χ2v) is 6.55. The molecule has 25 heavy (non-hydrogen) atoms. The minimum absolute atomic E-state index is 0.175. The summed E-state index contributed by atoms with van der Waals surface area (Å²) in [4.78, 5) is 24.2. The maximum absolute atomic E-state index is 12.2. The van der Waals surface area contributed by atoms with E-state index in [-0.39, 0.29) is 5.78 Å². The van der Waals surface area contributed by atoms with Crippen molar-refractivity contribution in [2.75, 3.05) is 14.2 Å². The van der Waals surface area contributed by atoms with Crippen LogP contribution in [0.3, 0.4) is 0 Å². The van der Waals surface area contributed by atoms with Gasteiger partial charge in [-0.2, -0.15) is 0 Å². The molecule has 0 fully saturated rings. The summed E-state index contributed by atoms with van der Waals surface area (Å²) in [5.41, 5.74) is 0.498. The van der Waals surface area contributed by atoms with Crippen LogP contribution in [0.5, 0.6) is 11.5 Å². The van der Waals surface area contributed by atoms with Gasteiger partial charge in [-0.1, -0.05) is 6.08 Å². The fourth-order valence-electron chi connectivity index (χ4n) is 2.38. The molecule has 1 amide bonds. The van der Waals surface area contributed by atoms with Gasteiger partial charge in [0.05, 0.1) is 20.3 Å². The van der Waals surface area contributed by atoms with Crippen LogP contribution in [0.4, 0.5) is 4.79 Å². The van der Waals surface area contributed by atoms with Crippen LogP contribution in [-0.2, 0) is 9.53 Å². The molecule has 0 spiro atoms. The van der Waals surface area contributed by atoms with Crippen LogP contribution in [0, 0.1) is 0 Å². The molecule has 0 bridgehead atoms. The Labute approximate surface area is 147 Å². The van der Waals surface area contributed by atoms with Crippen molar-refractivity contribution in [2.45, 2.75) is 32.4 Å². The topological polar surface area (TPSA) is 73.9 Å². The Bertz CT molecular complexity index is 728. The van der Waals surface area contributed by atoms with Crippen molar-refractivity contribution in [1.82, 2.24) is 5.32 Å². The first kappa shape index (κ1) is 18.6. The van der Waals surface area contributed by atoms with Gasteiger partial charge >= 0.3 is 6.09 Å². The molecule has 2 rings (SSSR count). The van der Waals surface area contributed by atoms with E-state index in [1.807, 2.05) is 0 Å². The van der Waals surface area contributed by atoms with E-state index in [0.717, 1.165) is 0 Å². The van der Waals surface area contributed by atoms with Crippen LogP contribution in [0.15, 0.2) is 35.9 Å². The normalized spacial score (nSPS) is 18.4. The number of nitrogens with one attached hydrogen (secondary N) is 1. The highest BCUT2D eigenvalue weighted by atomic mass is 16.6. The van der Waals surface area contributed by atoms with Crippen molar-refractivity contribution in [1.29, 1.82) is 0 Å². The summed E-state index contributed by atoms with van der Waals surface area (Å²) in [5.74, 6) is 1.07. The van der Waals surface area contributed by atoms with Crippen molar-refractivity contribution >= 4 is 18.0 Å². The second-order valence-electron chi connectivity index (χ2n) is 6.55. The zero-order valence-corrected chi connectivity index (χ0v) is 15.1. The van der Waals surface area contributed by atoms with Crippen molar-refractivity contribution in [2.24, 2.45) is 0 Å². The summed E-state index contributed by atoms with van der Waals surface area (Å²) < 4.78 is 15.8. The summed E-state index contributed by atoms with van der Waals surface area (Å²) in [6.45, 7) is 5.33. The highest BCUT2D eigenvalue weighted by Crippen LogP contribution is 2.28. The maximum Gasteiger partial charge on any atom is 0.408 e. The Morgan fingerprint density at radius 1 is 1.20 bits per heavy atom. The molecule has 134 valence electrons. The first-order valence-corrected chi connectivity index (χ1v) is 7.89. The number of amides is 1. The van der Waals surface area contributed by atoms with Gasteiger partial charge in [-0.25, -0.2) is 4.79 Å². The first-order chi connectivity index (χ1) is 11.7. The maximum atomic E-state index is 12.2.